The first-order valence-electron chi connectivity index (χ1n) is 15.9. The Kier molecular flexibility index (Phi) is 10.1. The van der Waals surface area contributed by atoms with E-state index in [4.69, 9.17) is 4.74 Å². The molecule has 1 unspecified atom stereocenters. The molecule has 1 heterocycles. The average molecular weight is 576 g/mol. The van der Waals surface area contributed by atoms with Crippen LogP contribution in [0.2, 0.25) is 0 Å². The number of alkyl halides is 1. The molecule has 7 heteroatoms. The number of halogens is 1. The van der Waals surface area contributed by atoms with Crippen LogP contribution in [0.3, 0.4) is 0 Å². The molecule has 1 N–H and O–H groups in total. The third-order valence-corrected chi connectivity index (χ3v) is 12.5. The quantitative estimate of drug-likeness (QED) is 0.198. The monoisotopic (exact) mass is 575 g/mol. The van der Waals surface area contributed by atoms with Crippen molar-refractivity contribution in [1.82, 2.24) is 4.90 Å². The fourth-order valence-electron chi connectivity index (χ4n) is 8.73. The minimum absolute atomic E-state index is 0.00446. The van der Waals surface area contributed by atoms with E-state index in [2.05, 4.69) is 31.0 Å². The lowest BCUT2D eigenvalue weighted by Gasteiger charge is -2.53. The van der Waals surface area contributed by atoms with Crippen molar-refractivity contribution in [2.45, 2.75) is 96.0 Å². The van der Waals surface area contributed by atoms with E-state index in [1.165, 1.54) is 11.1 Å². The minimum Gasteiger partial charge on any atom is -0.427 e. The number of esters is 1. The highest BCUT2D eigenvalue weighted by atomic mass is 32.2. The maximum Gasteiger partial charge on any atom is 0.311 e. The van der Waals surface area contributed by atoms with E-state index in [-0.39, 0.29) is 24.2 Å². The number of nitrogens with zero attached hydrogens (tertiary/aromatic N) is 1. The number of benzene rings is 1. The van der Waals surface area contributed by atoms with E-state index in [0.717, 1.165) is 70.9 Å². The fourth-order valence-corrected chi connectivity index (χ4v) is 9.94. The molecule has 1 saturated heterocycles. The molecule has 1 aliphatic heterocycles. The van der Waals surface area contributed by atoms with E-state index in [0.29, 0.717) is 66.1 Å². The second-order valence-electron chi connectivity index (χ2n) is 13.6. The molecular weight excluding hydrogens is 525 g/mol. The summed E-state index contributed by atoms with van der Waals surface area (Å²) in [6, 6.07) is 6.34. The predicted octanol–water partition coefficient (Wildman–Crippen LogP) is 6.05. The lowest BCUT2D eigenvalue weighted by Crippen LogP contribution is -2.47. The second-order valence-corrected chi connectivity index (χ2v) is 15.3. The Labute approximate surface area is 243 Å². The maximum atomic E-state index is 12.8. The molecule has 7 atom stereocenters. The summed E-state index contributed by atoms with van der Waals surface area (Å²) in [4.78, 5) is 15.1. The number of aliphatic hydroxyl groups is 1. The van der Waals surface area contributed by atoms with Gasteiger partial charge in [-0.15, -0.1) is 0 Å². The second kappa shape index (κ2) is 13.3. The van der Waals surface area contributed by atoms with Crippen molar-refractivity contribution >= 4 is 16.8 Å². The van der Waals surface area contributed by atoms with Crippen molar-refractivity contribution in [1.29, 1.82) is 0 Å². The Morgan fingerprint density at radius 3 is 2.67 bits per heavy atom. The highest BCUT2D eigenvalue weighted by Crippen LogP contribution is 2.62. The van der Waals surface area contributed by atoms with Gasteiger partial charge in [0.15, 0.2) is 0 Å². The third kappa shape index (κ3) is 6.67. The number of carbonyl (C=O) groups is 1. The number of unbranched alkanes of at least 4 members (excludes halogenated alkanes) is 1. The van der Waals surface area contributed by atoms with Crippen molar-refractivity contribution in [3.63, 3.8) is 0 Å². The Morgan fingerprint density at radius 1 is 1.12 bits per heavy atom. The van der Waals surface area contributed by atoms with Crippen LogP contribution in [-0.4, -0.2) is 64.6 Å². The number of ether oxygens (including phenoxy) is 1. The fraction of sp³-hybridized carbons (Fsp3) is 0.788. The molecular formula is C33H50FNO4S. The van der Waals surface area contributed by atoms with Crippen molar-refractivity contribution in [3.05, 3.63) is 29.3 Å². The summed E-state index contributed by atoms with van der Waals surface area (Å²) in [6.45, 7) is 4.07. The molecule has 40 heavy (non-hydrogen) atoms. The van der Waals surface area contributed by atoms with E-state index < -0.39 is 10.8 Å². The van der Waals surface area contributed by atoms with Gasteiger partial charge in [-0.05, 0) is 149 Å². The summed E-state index contributed by atoms with van der Waals surface area (Å²) in [5.74, 6) is 4.23. The van der Waals surface area contributed by atoms with E-state index >= 15 is 0 Å². The molecule has 0 aromatic heterocycles. The van der Waals surface area contributed by atoms with Gasteiger partial charge >= 0.3 is 5.97 Å². The molecule has 2 saturated carbocycles. The molecule has 4 aliphatic rings. The normalized spacial score (nSPS) is 33.1. The van der Waals surface area contributed by atoms with Gasteiger partial charge in [-0.3, -0.25) is 13.4 Å². The highest BCUT2D eigenvalue weighted by molar-refractivity contribution is 7.84. The van der Waals surface area contributed by atoms with Crippen LogP contribution in [0, 0.1) is 29.1 Å². The summed E-state index contributed by atoms with van der Waals surface area (Å²) in [6.07, 6.45) is 10.6. The Bertz CT molecular complexity index is 1040. The Balaban J connectivity index is 1.28. The summed E-state index contributed by atoms with van der Waals surface area (Å²) >= 11 is 0. The van der Waals surface area contributed by atoms with Crippen molar-refractivity contribution in [2.75, 3.05) is 38.3 Å². The van der Waals surface area contributed by atoms with E-state index in [1.807, 2.05) is 6.07 Å². The standard InChI is InChI=1S/C33H50FNO4S/c1-33-14-11-28-27-8-7-26(39-31(37)20-23-12-16-35(2)17-13-23)22-25(27)21-24(32(28)29(33)9-10-30(33)36)6-5-19-40(38)18-4-3-15-34/h7-8,22-24,28-30,32,36H,3-6,9-21H2,1-2H3/t24-,28-,29+,30+,32-,33+,40?/m1/s1. The van der Waals surface area contributed by atoms with Gasteiger partial charge in [0.2, 0.25) is 0 Å². The Hall–Kier alpha value is -1.31. The molecule has 5 rings (SSSR count). The van der Waals surface area contributed by atoms with Crippen LogP contribution < -0.4 is 4.74 Å². The zero-order valence-electron chi connectivity index (χ0n) is 24.6. The van der Waals surface area contributed by atoms with Crippen molar-refractivity contribution in [3.8, 4) is 5.75 Å². The first-order valence-corrected chi connectivity index (χ1v) is 17.4. The van der Waals surface area contributed by atoms with Crippen LogP contribution in [0.15, 0.2) is 18.2 Å². The van der Waals surface area contributed by atoms with Gasteiger partial charge < -0.3 is 14.7 Å². The number of piperidine rings is 1. The number of fused-ring (bicyclic) bond motifs is 5. The number of hydrogen-bond donors (Lipinski definition) is 1. The summed E-state index contributed by atoms with van der Waals surface area (Å²) in [7, 11) is 1.25. The van der Waals surface area contributed by atoms with Gasteiger partial charge in [0.05, 0.1) is 12.8 Å². The number of likely N-dealkylation sites (tertiary alicyclic amines) is 1. The maximum absolute atomic E-state index is 12.8. The Morgan fingerprint density at radius 2 is 1.90 bits per heavy atom. The number of hydrogen-bond acceptors (Lipinski definition) is 5. The largest absolute Gasteiger partial charge is 0.427 e. The first kappa shape index (κ1) is 30.2. The summed E-state index contributed by atoms with van der Waals surface area (Å²) in [5.41, 5.74) is 2.71. The first-order chi connectivity index (χ1) is 19.3. The lowest BCUT2D eigenvalue weighted by molar-refractivity contribution is -0.135. The molecule has 0 radical (unpaired) electrons. The van der Waals surface area contributed by atoms with Gasteiger partial charge in [0.25, 0.3) is 0 Å². The van der Waals surface area contributed by atoms with Gasteiger partial charge in [-0.25, -0.2) is 0 Å². The topological polar surface area (TPSA) is 66.8 Å². The molecule has 0 bridgehead atoms. The molecule has 0 spiro atoms. The van der Waals surface area contributed by atoms with Crippen LogP contribution in [0.25, 0.3) is 0 Å². The summed E-state index contributed by atoms with van der Waals surface area (Å²) < 4.78 is 30.9. The summed E-state index contributed by atoms with van der Waals surface area (Å²) in [5, 5.41) is 10.9. The van der Waals surface area contributed by atoms with Gasteiger partial charge in [0, 0.05) is 28.7 Å². The van der Waals surface area contributed by atoms with Gasteiger partial charge in [-0.2, -0.15) is 0 Å². The molecule has 1 aromatic carbocycles. The van der Waals surface area contributed by atoms with Gasteiger partial charge in [0.1, 0.15) is 5.75 Å². The number of carbonyl (C=O) groups excluding carboxylic acids is 1. The molecule has 1 aromatic rings. The smallest absolute Gasteiger partial charge is 0.311 e. The van der Waals surface area contributed by atoms with Gasteiger partial charge in [-0.1, -0.05) is 13.0 Å². The molecule has 3 aliphatic carbocycles. The van der Waals surface area contributed by atoms with Crippen LogP contribution in [-0.2, 0) is 22.0 Å². The predicted molar refractivity (Wildman–Crippen MR) is 159 cm³/mol. The van der Waals surface area contributed by atoms with E-state index in [9.17, 15) is 18.5 Å². The SMILES string of the molecule is CN1CCC(CC(=O)Oc2ccc3c(c2)C[C@@H](CCCS(=O)CCCCF)[C@@H]2[C@@H]3CC[C@]3(C)[C@@H](O)CC[C@@H]23)CC1. The molecule has 0 amide bonds. The zero-order chi connectivity index (χ0) is 28.3. The molecule has 5 nitrogen and oxygen atoms in total. The third-order valence-electron chi connectivity index (χ3n) is 11.1. The van der Waals surface area contributed by atoms with Crippen LogP contribution in [0.5, 0.6) is 5.75 Å². The van der Waals surface area contributed by atoms with Crippen LogP contribution >= 0.6 is 0 Å². The highest BCUT2D eigenvalue weighted by Gasteiger charge is 2.56. The van der Waals surface area contributed by atoms with Crippen molar-refractivity contribution < 1.29 is 23.2 Å². The number of aliphatic hydroxyl groups excluding tert-OH is 1. The molecule has 3 fully saturated rings. The number of rotatable bonds is 11. The van der Waals surface area contributed by atoms with Crippen LogP contribution in [0.1, 0.15) is 94.6 Å². The van der Waals surface area contributed by atoms with E-state index in [1.54, 1.807) is 0 Å². The average Bonchev–Trinajstić information content (AvgIpc) is 3.24. The minimum atomic E-state index is -0.883. The van der Waals surface area contributed by atoms with Crippen LogP contribution in [0.4, 0.5) is 4.39 Å². The lowest BCUT2D eigenvalue weighted by atomic mass is 9.52. The zero-order valence-corrected chi connectivity index (χ0v) is 25.4. The molecule has 224 valence electrons. The van der Waals surface area contributed by atoms with Crippen molar-refractivity contribution in [2.24, 2.45) is 29.1 Å².